The molecule has 134 valence electrons. The van der Waals surface area contributed by atoms with Crippen LogP contribution in [0.5, 0.6) is 0 Å². The van der Waals surface area contributed by atoms with Crippen LogP contribution >= 0.6 is 22.9 Å². The average Bonchev–Trinajstić information content (AvgIpc) is 3.02. The lowest BCUT2D eigenvalue weighted by atomic mass is 9.97. The highest BCUT2D eigenvalue weighted by Crippen LogP contribution is 2.36. The smallest absolute Gasteiger partial charge is 0.254 e. The summed E-state index contributed by atoms with van der Waals surface area (Å²) in [4.78, 5) is 16.2. The highest BCUT2D eigenvalue weighted by atomic mass is 35.5. The molecule has 0 saturated carbocycles. The van der Waals surface area contributed by atoms with Crippen LogP contribution in [0.25, 0.3) is 0 Å². The van der Waals surface area contributed by atoms with Gasteiger partial charge in [0.2, 0.25) is 10.0 Å². The zero-order chi connectivity index (χ0) is 18.2. The van der Waals surface area contributed by atoms with Crippen LogP contribution in [-0.2, 0) is 16.4 Å². The first-order chi connectivity index (χ1) is 11.8. The Balaban J connectivity index is 1.92. The fraction of sp³-hybridized carbons (Fsp3) is 0.353. The van der Waals surface area contributed by atoms with E-state index in [1.165, 1.54) is 16.5 Å². The van der Waals surface area contributed by atoms with Crippen LogP contribution in [0.1, 0.15) is 40.2 Å². The van der Waals surface area contributed by atoms with E-state index in [-0.39, 0.29) is 22.7 Å². The minimum Gasteiger partial charge on any atom is -0.331 e. The third-order valence-corrected chi connectivity index (χ3v) is 6.17. The first kappa shape index (κ1) is 18.2. The molecule has 1 aliphatic rings. The SMILES string of the molecule is CCC1c2ccsc2CCN1C(=O)c1ccc(Cl)c(NS(C)(=O)=O)c1. The predicted octanol–water partition coefficient (Wildman–Crippen LogP) is 3.92. The van der Waals surface area contributed by atoms with Gasteiger partial charge >= 0.3 is 0 Å². The summed E-state index contributed by atoms with van der Waals surface area (Å²) >= 11 is 7.78. The Bertz CT molecular complexity index is 908. The molecule has 1 N–H and O–H groups in total. The van der Waals surface area contributed by atoms with Crippen LogP contribution in [0.3, 0.4) is 0 Å². The van der Waals surface area contributed by atoms with Gasteiger partial charge in [0.25, 0.3) is 5.91 Å². The number of hydrogen-bond donors (Lipinski definition) is 1. The van der Waals surface area contributed by atoms with E-state index in [9.17, 15) is 13.2 Å². The van der Waals surface area contributed by atoms with Crippen LogP contribution < -0.4 is 4.72 Å². The van der Waals surface area contributed by atoms with Gasteiger partial charge in [0.15, 0.2) is 0 Å². The van der Waals surface area contributed by atoms with Crippen LogP contribution in [0, 0.1) is 0 Å². The summed E-state index contributed by atoms with van der Waals surface area (Å²) in [6.07, 6.45) is 2.72. The number of benzene rings is 1. The second-order valence-corrected chi connectivity index (χ2v) is 9.20. The molecule has 0 radical (unpaired) electrons. The Morgan fingerprint density at radius 3 is 2.84 bits per heavy atom. The number of fused-ring (bicyclic) bond motifs is 1. The molecule has 0 fully saturated rings. The second-order valence-electron chi connectivity index (χ2n) is 6.04. The van der Waals surface area contributed by atoms with Gasteiger partial charge < -0.3 is 4.90 Å². The predicted molar refractivity (Wildman–Crippen MR) is 102 cm³/mol. The van der Waals surface area contributed by atoms with Crippen molar-refractivity contribution in [3.05, 3.63) is 50.7 Å². The normalized spacial score (nSPS) is 17.2. The number of thiophene rings is 1. The molecule has 0 spiro atoms. The van der Waals surface area contributed by atoms with E-state index in [0.29, 0.717) is 12.1 Å². The van der Waals surface area contributed by atoms with Gasteiger partial charge in [-0.05, 0) is 48.1 Å². The Morgan fingerprint density at radius 1 is 1.40 bits per heavy atom. The summed E-state index contributed by atoms with van der Waals surface area (Å²) in [5.74, 6) is -0.114. The molecule has 2 aromatic rings. The van der Waals surface area contributed by atoms with Gasteiger partial charge in [-0.25, -0.2) is 8.42 Å². The number of halogens is 1. The average molecular weight is 399 g/mol. The van der Waals surface area contributed by atoms with E-state index in [4.69, 9.17) is 11.6 Å². The summed E-state index contributed by atoms with van der Waals surface area (Å²) in [5, 5.41) is 2.32. The second kappa shape index (κ2) is 6.97. The maximum Gasteiger partial charge on any atom is 0.254 e. The Morgan fingerprint density at radius 2 is 2.16 bits per heavy atom. The molecular weight excluding hydrogens is 380 g/mol. The van der Waals surface area contributed by atoms with Gasteiger partial charge in [-0.2, -0.15) is 0 Å². The number of anilines is 1. The molecule has 0 aliphatic carbocycles. The van der Waals surface area contributed by atoms with Gasteiger partial charge in [-0.3, -0.25) is 9.52 Å². The zero-order valence-corrected chi connectivity index (χ0v) is 16.3. The van der Waals surface area contributed by atoms with Crippen LogP contribution in [0.4, 0.5) is 5.69 Å². The van der Waals surface area contributed by atoms with Crippen LogP contribution in [0.2, 0.25) is 5.02 Å². The molecule has 1 aromatic carbocycles. The Kier molecular flexibility index (Phi) is 5.09. The quantitative estimate of drug-likeness (QED) is 0.848. The number of amides is 1. The van der Waals surface area contributed by atoms with Crippen molar-refractivity contribution in [2.75, 3.05) is 17.5 Å². The molecular formula is C17H19ClN2O3S2. The van der Waals surface area contributed by atoms with Gasteiger partial charge in [0, 0.05) is 17.0 Å². The molecule has 3 rings (SSSR count). The summed E-state index contributed by atoms with van der Waals surface area (Å²) < 4.78 is 25.3. The van der Waals surface area contributed by atoms with Crippen molar-refractivity contribution in [1.82, 2.24) is 4.90 Å². The van der Waals surface area contributed by atoms with Gasteiger partial charge in [0.1, 0.15) is 0 Å². The fourth-order valence-corrected chi connectivity index (χ4v) is 4.90. The Labute approximate surface area is 156 Å². The minimum absolute atomic E-state index is 0.0458. The number of carbonyl (C=O) groups is 1. The van der Waals surface area contributed by atoms with Crippen molar-refractivity contribution in [1.29, 1.82) is 0 Å². The standard InChI is InChI=1S/C17H19ClN2O3S2/c1-3-15-12-7-9-24-16(12)6-8-20(15)17(21)11-4-5-13(18)14(10-11)19-25(2,22)23/h4-5,7,9-10,15,19H,3,6,8H2,1-2H3. The first-order valence-electron chi connectivity index (χ1n) is 7.94. The summed E-state index contributed by atoms with van der Waals surface area (Å²) in [6, 6.07) is 6.81. The molecule has 0 saturated heterocycles. The minimum atomic E-state index is -3.47. The third-order valence-electron chi connectivity index (χ3n) is 4.25. The molecule has 1 amide bonds. The number of nitrogens with one attached hydrogen (secondary N) is 1. The molecule has 1 aliphatic heterocycles. The van der Waals surface area contributed by atoms with E-state index >= 15 is 0 Å². The van der Waals surface area contributed by atoms with E-state index in [1.54, 1.807) is 23.5 Å². The largest absolute Gasteiger partial charge is 0.331 e. The molecule has 8 heteroatoms. The topological polar surface area (TPSA) is 66.5 Å². The first-order valence-corrected chi connectivity index (χ1v) is 11.1. The van der Waals surface area contributed by atoms with Crippen molar-refractivity contribution < 1.29 is 13.2 Å². The lowest BCUT2D eigenvalue weighted by molar-refractivity contribution is 0.0657. The van der Waals surface area contributed by atoms with Crippen molar-refractivity contribution in [3.8, 4) is 0 Å². The third kappa shape index (κ3) is 3.83. The molecule has 1 unspecified atom stereocenters. The lowest BCUT2D eigenvalue weighted by Crippen LogP contribution is -2.39. The number of rotatable bonds is 4. The molecule has 1 aromatic heterocycles. The van der Waals surface area contributed by atoms with Crippen LogP contribution in [-0.4, -0.2) is 32.0 Å². The van der Waals surface area contributed by atoms with E-state index in [2.05, 4.69) is 23.1 Å². The Hall–Kier alpha value is -1.57. The van der Waals surface area contributed by atoms with Crippen molar-refractivity contribution in [3.63, 3.8) is 0 Å². The zero-order valence-electron chi connectivity index (χ0n) is 14.0. The molecule has 0 bridgehead atoms. The number of hydrogen-bond acceptors (Lipinski definition) is 4. The molecule has 2 heterocycles. The van der Waals surface area contributed by atoms with Gasteiger partial charge in [0.05, 0.1) is 23.0 Å². The molecule has 5 nitrogen and oxygen atoms in total. The maximum absolute atomic E-state index is 13.0. The van der Waals surface area contributed by atoms with E-state index in [0.717, 1.165) is 19.1 Å². The summed E-state index contributed by atoms with van der Waals surface area (Å²) in [7, 11) is -3.47. The fourth-order valence-electron chi connectivity index (χ4n) is 3.18. The molecule has 25 heavy (non-hydrogen) atoms. The summed E-state index contributed by atoms with van der Waals surface area (Å²) in [5.41, 5.74) is 1.86. The highest BCUT2D eigenvalue weighted by Gasteiger charge is 2.31. The lowest BCUT2D eigenvalue weighted by Gasteiger charge is -2.35. The number of carbonyl (C=O) groups excluding carboxylic acids is 1. The highest BCUT2D eigenvalue weighted by molar-refractivity contribution is 7.92. The van der Waals surface area contributed by atoms with E-state index in [1.807, 2.05) is 4.90 Å². The van der Waals surface area contributed by atoms with E-state index < -0.39 is 10.0 Å². The maximum atomic E-state index is 13.0. The van der Waals surface area contributed by atoms with Crippen LogP contribution in [0.15, 0.2) is 29.6 Å². The summed E-state index contributed by atoms with van der Waals surface area (Å²) in [6.45, 7) is 2.72. The monoisotopic (exact) mass is 398 g/mol. The molecule has 1 atom stereocenters. The number of sulfonamides is 1. The van der Waals surface area contributed by atoms with Gasteiger partial charge in [-0.1, -0.05) is 18.5 Å². The van der Waals surface area contributed by atoms with Crippen molar-refractivity contribution >= 4 is 44.6 Å². The number of nitrogens with zero attached hydrogens (tertiary/aromatic N) is 1. The van der Waals surface area contributed by atoms with Crippen molar-refractivity contribution in [2.24, 2.45) is 0 Å². The van der Waals surface area contributed by atoms with Crippen molar-refractivity contribution in [2.45, 2.75) is 25.8 Å². The van der Waals surface area contributed by atoms with Gasteiger partial charge in [-0.15, -0.1) is 11.3 Å².